The summed E-state index contributed by atoms with van der Waals surface area (Å²) < 4.78 is 18.6. The standard InChI is InChI=1S/C15H10FN3O3S/c16-10-5-2-1-4-9(10)13(20)18-19-14(21)11-8-23-15(17-11)12-6-3-7-22-12/h1-8H,(H,18,20)(H,19,21). The third-order valence-electron chi connectivity index (χ3n) is 2.88. The summed E-state index contributed by atoms with van der Waals surface area (Å²) in [7, 11) is 0. The van der Waals surface area contributed by atoms with Gasteiger partial charge in [0.05, 0.1) is 11.8 Å². The van der Waals surface area contributed by atoms with Gasteiger partial charge in [0.15, 0.2) is 10.8 Å². The van der Waals surface area contributed by atoms with E-state index < -0.39 is 17.6 Å². The van der Waals surface area contributed by atoms with Gasteiger partial charge < -0.3 is 4.42 Å². The van der Waals surface area contributed by atoms with Gasteiger partial charge in [0.1, 0.15) is 11.5 Å². The largest absolute Gasteiger partial charge is 0.462 e. The van der Waals surface area contributed by atoms with Crippen LogP contribution < -0.4 is 10.9 Å². The van der Waals surface area contributed by atoms with E-state index >= 15 is 0 Å². The van der Waals surface area contributed by atoms with Crippen molar-refractivity contribution in [1.29, 1.82) is 0 Å². The highest BCUT2D eigenvalue weighted by Gasteiger charge is 2.15. The number of benzene rings is 1. The van der Waals surface area contributed by atoms with Gasteiger partial charge in [-0.15, -0.1) is 11.3 Å². The van der Waals surface area contributed by atoms with Crippen LogP contribution >= 0.6 is 11.3 Å². The molecule has 0 unspecified atom stereocenters. The maximum Gasteiger partial charge on any atom is 0.289 e. The minimum atomic E-state index is -0.752. The van der Waals surface area contributed by atoms with Crippen LogP contribution in [0.2, 0.25) is 0 Å². The van der Waals surface area contributed by atoms with Crippen LogP contribution in [0.5, 0.6) is 0 Å². The Kier molecular flexibility index (Phi) is 4.15. The maximum absolute atomic E-state index is 13.5. The molecule has 0 aliphatic carbocycles. The minimum absolute atomic E-state index is 0.121. The van der Waals surface area contributed by atoms with Gasteiger partial charge in [-0.1, -0.05) is 12.1 Å². The Hall–Kier alpha value is -3.00. The highest BCUT2D eigenvalue weighted by Crippen LogP contribution is 2.23. The number of rotatable bonds is 3. The van der Waals surface area contributed by atoms with Crippen molar-refractivity contribution in [2.45, 2.75) is 0 Å². The average molecular weight is 331 g/mol. The molecule has 1 aromatic carbocycles. The lowest BCUT2D eigenvalue weighted by molar-refractivity contribution is 0.0842. The molecule has 0 fully saturated rings. The van der Waals surface area contributed by atoms with Crippen molar-refractivity contribution < 1.29 is 18.4 Å². The number of furan rings is 1. The van der Waals surface area contributed by atoms with E-state index in [0.717, 1.165) is 6.07 Å². The first-order valence-electron chi connectivity index (χ1n) is 6.50. The molecule has 2 amide bonds. The average Bonchev–Trinajstić information content (AvgIpc) is 3.23. The van der Waals surface area contributed by atoms with Crippen molar-refractivity contribution in [3.05, 3.63) is 65.1 Å². The molecule has 0 atom stereocenters. The molecular weight excluding hydrogens is 321 g/mol. The normalized spacial score (nSPS) is 10.3. The topological polar surface area (TPSA) is 84.2 Å². The quantitative estimate of drug-likeness (QED) is 0.723. The maximum atomic E-state index is 13.5. The van der Waals surface area contributed by atoms with Crippen LogP contribution in [-0.2, 0) is 0 Å². The first kappa shape index (κ1) is 14.9. The van der Waals surface area contributed by atoms with Crippen molar-refractivity contribution in [3.63, 3.8) is 0 Å². The number of nitrogens with one attached hydrogen (secondary N) is 2. The molecule has 8 heteroatoms. The fourth-order valence-electron chi connectivity index (χ4n) is 1.78. The van der Waals surface area contributed by atoms with Crippen LogP contribution in [-0.4, -0.2) is 16.8 Å². The summed E-state index contributed by atoms with van der Waals surface area (Å²) in [4.78, 5) is 27.8. The second kappa shape index (κ2) is 6.41. The number of carbonyl (C=O) groups is 2. The predicted octanol–water partition coefficient (Wildman–Crippen LogP) is 2.62. The summed E-state index contributed by atoms with van der Waals surface area (Å²) in [5.74, 6) is -1.49. The van der Waals surface area contributed by atoms with Crippen LogP contribution in [0.3, 0.4) is 0 Å². The number of nitrogens with zero attached hydrogens (tertiary/aromatic N) is 1. The number of carbonyl (C=O) groups excluding carboxylic acids is 2. The Morgan fingerprint density at radius 1 is 1.09 bits per heavy atom. The highest BCUT2D eigenvalue weighted by atomic mass is 32.1. The van der Waals surface area contributed by atoms with Crippen molar-refractivity contribution in [2.75, 3.05) is 0 Å². The molecule has 3 aromatic rings. The number of halogens is 1. The first-order valence-corrected chi connectivity index (χ1v) is 7.38. The number of hydrogen-bond donors (Lipinski definition) is 2. The first-order chi connectivity index (χ1) is 11.1. The van der Waals surface area contributed by atoms with Gasteiger partial charge in [0, 0.05) is 5.38 Å². The van der Waals surface area contributed by atoms with Crippen molar-refractivity contribution in [3.8, 4) is 10.8 Å². The monoisotopic (exact) mass is 331 g/mol. The minimum Gasteiger partial charge on any atom is -0.462 e. The number of thiazole rings is 1. The second-order valence-corrected chi connectivity index (χ2v) is 5.26. The fourth-order valence-corrected chi connectivity index (χ4v) is 2.55. The lowest BCUT2D eigenvalue weighted by atomic mass is 10.2. The van der Waals surface area contributed by atoms with Crippen molar-refractivity contribution >= 4 is 23.2 Å². The van der Waals surface area contributed by atoms with E-state index in [-0.39, 0.29) is 11.3 Å². The van der Waals surface area contributed by atoms with Gasteiger partial charge in [-0.25, -0.2) is 9.37 Å². The van der Waals surface area contributed by atoms with E-state index in [0.29, 0.717) is 10.8 Å². The molecule has 23 heavy (non-hydrogen) atoms. The molecule has 2 heterocycles. The number of aromatic nitrogens is 1. The molecule has 3 rings (SSSR count). The molecule has 6 nitrogen and oxygen atoms in total. The molecule has 0 bridgehead atoms. The predicted molar refractivity (Wildman–Crippen MR) is 81.1 cm³/mol. The molecule has 0 saturated heterocycles. The number of amides is 2. The van der Waals surface area contributed by atoms with E-state index in [1.54, 1.807) is 12.1 Å². The lowest BCUT2D eigenvalue weighted by Crippen LogP contribution is -2.42. The van der Waals surface area contributed by atoms with Crippen LogP contribution in [0, 0.1) is 5.82 Å². The summed E-state index contributed by atoms with van der Waals surface area (Å²) >= 11 is 1.23. The Morgan fingerprint density at radius 2 is 1.87 bits per heavy atom. The Bertz CT molecular complexity index is 845. The molecule has 0 radical (unpaired) electrons. The second-order valence-electron chi connectivity index (χ2n) is 4.40. The smallest absolute Gasteiger partial charge is 0.289 e. The van der Waals surface area contributed by atoms with Crippen LogP contribution in [0.4, 0.5) is 4.39 Å². The zero-order valence-corrected chi connectivity index (χ0v) is 12.4. The van der Waals surface area contributed by atoms with Crippen molar-refractivity contribution in [2.24, 2.45) is 0 Å². The highest BCUT2D eigenvalue weighted by molar-refractivity contribution is 7.13. The molecule has 0 aliphatic heterocycles. The summed E-state index contributed by atoms with van der Waals surface area (Å²) in [5, 5.41) is 2.07. The summed E-state index contributed by atoms with van der Waals surface area (Å²) in [6.07, 6.45) is 1.51. The van der Waals surface area contributed by atoms with E-state index in [2.05, 4.69) is 15.8 Å². The summed E-state index contributed by atoms with van der Waals surface area (Å²) in [6.45, 7) is 0. The third kappa shape index (κ3) is 3.27. The molecule has 2 N–H and O–H groups in total. The van der Waals surface area contributed by atoms with E-state index in [1.807, 2.05) is 0 Å². The van der Waals surface area contributed by atoms with Crippen molar-refractivity contribution in [1.82, 2.24) is 15.8 Å². The Morgan fingerprint density at radius 3 is 2.61 bits per heavy atom. The molecular formula is C15H10FN3O3S. The van der Waals surface area contributed by atoms with Gasteiger partial charge in [0.2, 0.25) is 0 Å². The number of hydrogen-bond acceptors (Lipinski definition) is 5. The van der Waals surface area contributed by atoms with Gasteiger partial charge in [-0.3, -0.25) is 20.4 Å². The van der Waals surface area contributed by atoms with E-state index in [9.17, 15) is 14.0 Å². The third-order valence-corrected chi connectivity index (χ3v) is 3.73. The Balaban J connectivity index is 1.64. The summed E-state index contributed by atoms with van der Waals surface area (Å²) in [6, 6.07) is 8.90. The zero-order valence-electron chi connectivity index (χ0n) is 11.6. The van der Waals surface area contributed by atoms with Crippen LogP contribution in [0.15, 0.2) is 52.5 Å². The molecule has 0 saturated carbocycles. The molecule has 116 valence electrons. The molecule has 0 spiro atoms. The van der Waals surface area contributed by atoms with Gasteiger partial charge >= 0.3 is 0 Å². The molecule has 0 aliphatic rings. The molecule has 2 aromatic heterocycles. The van der Waals surface area contributed by atoms with Gasteiger partial charge in [-0.2, -0.15) is 0 Å². The van der Waals surface area contributed by atoms with E-state index in [1.165, 1.54) is 41.2 Å². The van der Waals surface area contributed by atoms with Crippen LogP contribution in [0.25, 0.3) is 10.8 Å². The van der Waals surface area contributed by atoms with E-state index in [4.69, 9.17) is 4.42 Å². The number of hydrazine groups is 1. The SMILES string of the molecule is O=C(NNC(=O)c1ccccc1F)c1csc(-c2ccco2)n1. The summed E-state index contributed by atoms with van der Waals surface area (Å²) in [5.41, 5.74) is 4.29. The zero-order chi connectivity index (χ0) is 16.2. The van der Waals surface area contributed by atoms with Gasteiger partial charge in [0.25, 0.3) is 11.8 Å². The Labute approximate surface area is 133 Å². The van der Waals surface area contributed by atoms with Gasteiger partial charge in [-0.05, 0) is 24.3 Å². The fraction of sp³-hybridized carbons (Fsp3) is 0. The van der Waals surface area contributed by atoms with Crippen LogP contribution in [0.1, 0.15) is 20.8 Å². The lowest BCUT2D eigenvalue weighted by Gasteiger charge is -2.06.